The third kappa shape index (κ3) is 3.46. The van der Waals surface area contributed by atoms with E-state index in [1.165, 1.54) is 12.8 Å². The first-order chi connectivity index (χ1) is 15.7. The van der Waals surface area contributed by atoms with E-state index in [2.05, 4.69) is 44.6 Å². The molecule has 9 nitrogen and oxygen atoms in total. The van der Waals surface area contributed by atoms with Crippen molar-refractivity contribution in [1.29, 1.82) is 0 Å². The van der Waals surface area contributed by atoms with Gasteiger partial charge in [-0.1, -0.05) is 0 Å². The van der Waals surface area contributed by atoms with Gasteiger partial charge in [-0.3, -0.25) is 9.98 Å². The highest BCUT2D eigenvalue weighted by atomic mass is 16.5. The van der Waals surface area contributed by atoms with E-state index >= 15 is 0 Å². The van der Waals surface area contributed by atoms with E-state index in [1.807, 2.05) is 23.0 Å². The third-order valence-corrected chi connectivity index (χ3v) is 6.60. The molecule has 0 bridgehead atoms. The van der Waals surface area contributed by atoms with Crippen LogP contribution in [0.5, 0.6) is 0 Å². The number of aromatic nitrogens is 4. The van der Waals surface area contributed by atoms with Gasteiger partial charge in [0.25, 0.3) is 0 Å². The maximum Gasteiger partial charge on any atom is 0.160 e. The summed E-state index contributed by atoms with van der Waals surface area (Å²) in [5.74, 6) is 1.99. The summed E-state index contributed by atoms with van der Waals surface area (Å²) in [6.07, 6.45) is 9.90. The number of hydrogen-bond acceptors (Lipinski definition) is 8. The molecular formula is C23H28N8O. The van der Waals surface area contributed by atoms with Crippen molar-refractivity contribution in [2.24, 2.45) is 4.99 Å². The minimum Gasteiger partial charge on any atom is -0.381 e. The van der Waals surface area contributed by atoms with Crippen LogP contribution in [0.1, 0.15) is 38.3 Å². The summed E-state index contributed by atoms with van der Waals surface area (Å²) >= 11 is 0. The van der Waals surface area contributed by atoms with Gasteiger partial charge in [0, 0.05) is 56.9 Å². The molecule has 3 aliphatic rings. The quantitative estimate of drug-likeness (QED) is 0.653. The van der Waals surface area contributed by atoms with Crippen LogP contribution >= 0.6 is 0 Å². The average molecular weight is 433 g/mol. The van der Waals surface area contributed by atoms with Crippen LogP contribution in [0.3, 0.4) is 0 Å². The second-order valence-electron chi connectivity index (χ2n) is 9.00. The lowest BCUT2D eigenvalue weighted by Gasteiger charge is -2.29. The molecule has 6 heterocycles. The molecule has 0 amide bonds. The van der Waals surface area contributed by atoms with Gasteiger partial charge in [-0.25, -0.2) is 4.98 Å². The molecule has 166 valence electrons. The number of nitrogens with zero attached hydrogens (tertiary/aromatic N) is 6. The zero-order valence-corrected chi connectivity index (χ0v) is 18.3. The number of rotatable bonds is 4. The Kier molecular flexibility index (Phi) is 4.71. The Morgan fingerprint density at radius 1 is 1.19 bits per heavy atom. The lowest BCUT2D eigenvalue weighted by molar-refractivity contribution is 0.0903. The summed E-state index contributed by atoms with van der Waals surface area (Å²) in [4.78, 5) is 16.2. The molecule has 3 aliphatic heterocycles. The van der Waals surface area contributed by atoms with Crippen molar-refractivity contribution in [2.75, 3.05) is 41.8 Å². The highest BCUT2D eigenvalue weighted by Crippen LogP contribution is 2.35. The number of anilines is 3. The van der Waals surface area contributed by atoms with Crippen LogP contribution < -0.4 is 15.5 Å². The van der Waals surface area contributed by atoms with Crippen LogP contribution in [0.4, 0.5) is 23.0 Å². The summed E-state index contributed by atoms with van der Waals surface area (Å²) in [7, 11) is 0. The number of ether oxygens (including phenoxy) is 1. The molecule has 6 rings (SSSR count). The van der Waals surface area contributed by atoms with E-state index in [0.29, 0.717) is 6.04 Å². The summed E-state index contributed by atoms with van der Waals surface area (Å²) in [5.41, 5.74) is 2.95. The molecule has 2 N–H and O–H groups in total. The normalized spacial score (nSPS) is 23.3. The zero-order chi connectivity index (χ0) is 21.5. The van der Waals surface area contributed by atoms with Crippen molar-refractivity contribution in [3.63, 3.8) is 0 Å². The number of aliphatic imine (C=N–C) groups is 1. The van der Waals surface area contributed by atoms with E-state index in [0.717, 1.165) is 73.5 Å². The molecule has 3 aromatic heterocycles. The number of nitrogens with one attached hydrogen (secondary N) is 2. The van der Waals surface area contributed by atoms with E-state index < -0.39 is 5.54 Å². The largest absolute Gasteiger partial charge is 0.381 e. The van der Waals surface area contributed by atoms with Gasteiger partial charge in [0.05, 0.1) is 23.3 Å². The van der Waals surface area contributed by atoms with Crippen LogP contribution in [0, 0.1) is 0 Å². The summed E-state index contributed by atoms with van der Waals surface area (Å²) in [6, 6.07) is 6.49. The van der Waals surface area contributed by atoms with Gasteiger partial charge < -0.3 is 20.3 Å². The van der Waals surface area contributed by atoms with E-state index in [-0.39, 0.29) is 0 Å². The summed E-state index contributed by atoms with van der Waals surface area (Å²) < 4.78 is 7.48. The first kappa shape index (κ1) is 19.5. The van der Waals surface area contributed by atoms with Crippen molar-refractivity contribution in [1.82, 2.24) is 19.6 Å². The van der Waals surface area contributed by atoms with Crippen LogP contribution in [0.25, 0.3) is 5.65 Å². The Bertz CT molecular complexity index is 1160. The Morgan fingerprint density at radius 3 is 2.88 bits per heavy atom. The van der Waals surface area contributed by atoms with E-state index in [9.17, 15) is 0 Å². The molecule has 1 atom stereocenters. The molecule has 0 saturated carbocycles. The molecule has 0 radical (unpaired) electrons. The second-order valence-corrected chi connectivity index (χ2v) is 9.00. The molecule has 2 fully saturated rings. The van der Waals surface area contributed by atoms with Gasteiger partial charge in [-0.05, 0) is 38.7 Å². The van der Waals surface area contributed by atoms with Crippen molar-refractivity contribution in [2.45, 2.75) is 44.2 Å². The van der Waals surface area contributed by atoms with Gasteiger partial charge in [0.15, 0.2) is 5.65 Å². The van der Waals surface area contributed by atoms with Crippen LogP contribution in [-0.2, 0) is 10.3 Å². The van der Waals surface area contributed by atoms with Crippen LogP contribution in [-0.4, -0.2) is 58.1 Å². The maximum atomic E-state index is 5.54. The molecule has 2 saturated heterocycles. The fourth-order valence-electron chi connectivity index (χ4n) is 4.71. The number of hydrogen-bond donors (Lipinski definition) is 2. The van der Waals surface area contributed by atoms with Gasteiger partial charge >= 0.3 is 0 Å². The number of pyridine rings is 1. The first-order valence-electron chi connectivity index (χ1n) is 11.5. The third-order valence-electron chi connectivity index (χ3n) is 6.60. The minimum atomic E-state index is -0.548. The molecular weight excluding hydrogens is 404 g/mol. The molecule has 9 heteroatoms. The van der Waals surface area contributed by atoms with Gasteiger partial charge in [0.2, 0.25) is 0 Å². The molecule has 0 spiro atoms. The molecule has 1 unspecified atom stereocenters. The highest BCUT2D eigenvalue weighted by Gasteiger charge is 2.32. The van der Waals surface area contributed by atoms with Crippen molar-refractivity contribution in [3.05, 3.63) is 36.3 Å². The van der Waals surface area contributed by atoms with Crippen molar-refractivity contribution in [3.8, 4) is 0 Å². The zero-order valence-electron chi connectivity index (χ0n) is 18.3. The smallest absolute Gasteiger partial charge is 0.160 e. The predicted octanol–water partition coefficient (Wildman–Crippen LogP) is 3.36. The topological polar surface area (TPSA) is 92.0 Å². The Hall–Kier alpha value is -3.20. The molecule has 3 aromatic rings. The number of fused-ring (bicyclic) bond motifs is 2. The molecule has 32 heavy (non-hydrogen) atoms. The fourth-order valence-corrected chi connectivity index (χ4v) is 4.71. The first-order valence-corrected chi connectivity index (χ1v) is 11.5. The molecule has 0 aliphatic carbocycles. The average Bonchev–Trinajstić information content (AvgIpc) is 3.50. The Morgan fingerprint density at radius 2 is 2.03 bits per heavy atom. The highest BCUT2D eigenvalue weighted by molar-refractivity contribution is 5.87. The molecule has 0 aromatic carbocycles. The van der Waals surface area contributed by atoms with Crippen LogP contribution in [0.15, 0.2) is 35.6 Å². The SMILES string of the molecule is CC1(c2cc3nc(N4CCCC4)cc(NC4CCOCC4)n3n2)C=Nc2ccncc2N1. The monoisotopic (exact) mass is 432 g/mol. The fraction of sp³-hybridized carbons (Fsp3) is 0.478. The van der Waals surface area contributed by atoms with Crippen LogP contribution in [0.2, 0.25) is 0 Å². The van der Waals surface area contributed by atoms with E-state index in [4.69, 9.17) is 14.8 Å². The van der Waals surface area contributed by atoms with Crippen molar-refractivity contribution < 1.29 is 4.74 Å². The van der Waals surface area contributed by atoms with Gasteiger partial charge in [-0.15, -0.1) is 0 Å². The van der Waals surface area contributed by atoms with Gasteiger partial charge in [-0.2, -0.15) is 9.61 Å². The summed E-state index contributed by atoms with van der Waals surface area (Å²) in [6.45, 7) is 5.77. The lowest BCUT2D eigenvalue weighted by Crippen LogP contribution is -2.36. The van der Waals surface area contributed by atoms with Gasteiger partial charge in [0.1, 0.15) is 17.2 Å². The standard InChI is InChI=1S/C23H28N8O/c1-23(15-25-17-4-7-24-14-18(17)28-23)19-12-21-27-20(30-8-2-3-9-30)13-22(31(21)29-19)26-16-5-10-32-11-6-16/h4,7,12-16,26,28H,2-3,5-6,8-11H2,1H3. The predicted molar refractivity (Wildman–Crippen MR) is 125 cm³/mol. The second kappa shape index (κ2) is 7.74. The lowest BCUT2D eigenvalue weighted by atomic mass is 9.97. The summed E-state index contributed by atoms with van der Waals surface area (Å²) in [5, 5.41) is 12.3. The minimum absolute atomic E-state index is 0.372. The maximum absolute atomic E-state index is 5.54. The Balaban J connectivity index is 1.40. The Labute approximate surface area is 186 Å². The van der Waals surface area contributed by atoms with E-state index in [1.54, 1.807) is 6.20 Å². The van der Waals surface area contributed by atoms with Crippen molar-refractivity contribution >= 4 is 34.9 Å².